The van der Waals surface area contributed by atoms with Crippen molar-refractivity contribution >= 4 is 5.82 Å². The summed E-state index contributed by atoms with van der Waals surface area (Å²) in [4.78, 5) is 8.55. The second kappa shape index (κ2) is 4.57. The normalized spacial score (nSPS) is 20.5. The molecule has 0 radical (unpaired) electrons. The van der Waals surface area contributed by atoms with Crippen molar-refractivity contribution < 1.29 is 4.74 Å². The number of hydrogen-bond donors (Lipinski definition) is 1. The zero-order valence-corrected chi connectivity index (χ0v) is 9.29. The van der Waals surface area contributed by atoms with Crippen LogP contribution in [0.1, 0.15) is 24.4 Å². The molecule has 1 N–H and O–H groups in total. The van der Waals surface area contributed by atoms with Gasteiger partial charge in [0.05, 0.1) is 6.10 Å². The molecule has 0 aromatic carbocycles. The minimum absolute atomic E-state index is 0.348. The van der Waals surface area contributed by atoms with Gasteiger partial charge in [0.25, 0.3) is 0 Å². The molecule has 1 atom stereocenters. The Hall–Kier alpha value is -1.16. The number of ether oxygens (including phenoxy) is 1. The predicted molar refractivity (Wildman–Crippen MR) is 59.0 cm³/mol. The summed E-state index contributed by atoms with van der Waals surface area (Å²) in [6, 6.07) is 1.96. The Labute approximate surface area is 90.1 Å². The monoisotopic (exact) mass is 207 g/mol. The number of nitrogens with zero attached hydrogens (tertiary/aromatic N) is 2. The summed E-state index contributed by atoms with van der Waals surface area (Å²) in [5.74, 6) is 1.71. The Morgan fingerprint density at radius 1 is 1.47 bits per heavy atom. The minimum Gasteiger partial charge on any atom is -0.376 e. The van der Waals surface area contributed by atoms with Crippen molar-refractivity contribution in [3.05, 3.63) is 17.6 Å². The van der Waals surface area contributed by atoms with E-state index in [1.807, 2.05) is 19.9 Å². The zero-order valence-electron chi connectivity index (χ0n) is 9.29. The van der Waals surface area contributed by atoms with E-state index in [0.29, 0.717) is 6.10 Å². The van der Waals surface area contributed by atoms with Crippen LogP contribution in [-0.2, 0) is 4.74 Å². The van der Waals surface area contributed by atoms with Gasteiger partial charge in [-0.2, -0.15) is 0 Å². The lowest BCUT2D eigenvalue weighted by molar-refractivity contribution is 0.120. The molecule has 1 fully saturated rings. The van der Waals surface area contributed by atoms with Gasteiger partial charge in [0.15, 0.2) is 0 Å². The first-order valence-corrected chi connectivity index (χ1v) is 5.42. The standard InChI is InChI=1S/C11H17N3O/c1-8-6-11(14-9(2)13-8)12-7-10-4-3-5-15-10/h6,10H,3-5,7H2,1-2H3,(H,12,13,14). The van der Waals surface area contributed by atoms with E-state index < -0.39 is 0 Å². The van der Waals surface area contributed by atoms with Gasteiger partial charge in [0, 0.05) is 24.9 Å². The van der Waals surface area contributed by atoms with Crippen LogP contribution in [-0.4, -0.2) is 29.2 Å². The third kappa shape index (κ3) is 2.89. The Kier molecular flexibility index (Phi) is 3.16. The van der Waals surface area contributed by atoms with Crippen molar-refractivity contribution in [1.82, 2.24) is 9.97 Å². The quantitative estimate of drug-likeness (QED) is 0.819. The molecule has 15 heavy (non-hydrogen) atoms. The number of anilines is 1. The predicted octanol–water partition coefficient (Wildman–Crippen LogP) is 1.68. The number of aromatic nitrogens is 2. The first kappa shape index (κ1) is 10.4. The second-order valence-corrected chi connectivity index (χ2v) is 3.96. The molecule has 1 aromatic heterocycles. The van der Waals surface area contributed by atoms with Crippen molar-refractivity contribution in [1.29, 1.82) is 0 Å². The maximum atomic E-state index is 5.53. The van der Waals surface area contributed by atoms with Gasteiger partial charge < -0.3 is 10.1 Å². The fourth-order valence-electron chi connectivity index (χ4n) is 1.83. The van der Waals surface area contributed by atoms with E-state index in [-0.39, 0.29) is 0 Å². The van der Waals surface area contributed by atoms with Gasteiger partial charge in [-0.25, -0.2) is 9.97 Å². The fourth-order valence-corrected chi connectivity index (χ4v) is 1.83. The molecule has 0 amide bonds. The summed E-state index contributed by atoms with van der Waals surface area (Å²) >= 11 is 0. The van der Waals surface area contributed by atoms with Gasteiger partial charge in [-0.15, -0.1) is 0 Å². The molecule has 2 rings (SSSR count). The SMILES string of the molecule is Cc1cc(NCC2CCCO2)nc(C)n1. The highest BCUT2D eigenvalue weighted by Crippen LogP contribution is 2.13. The summed E-state index contributed by atoms with van der Waals surface area (Å²) in [6.45, 7) is 5.63. The molecule has 4 nitrogen and oxygen atoms in total. The van der Waals surface area contributed by atoms with Crippen LogP contribution in [0.25, 0.3) is 0 Å². The number of nitrogens with one attached hydrogen (secondary N) is 1. The van der Waals surface area contributed by atoms with Crippen LogP contribution >= 0.6 is 0 Å². The van der Waals surface area contributed by atoms with E-state index in [1.54, 1.807) is 0 Å². The number of aryl methyl sites for hydroxylation is 2. The molecule has 0 bridgehead atoms. The molecule has 1 aliphatic heterocycles. The molecular weight excluding hydrogens is 190 g/mol. The molecule has 1 aromatic rings. The van der Waals surface area contributed by atoms with Gasteiger partial charge in [0.1, 0.15) is 11.6 Å². The summed E-state index contributed by atoms with van der Waals surface area (Å²) in [7, 11) is 0. The average Bonchev–Trinajstić information content (AvgIpc) is 2.65. The highest BCUT2D eigenvalue weighted by Gasteiger charge is 2.14. The van der Waals surface area contributed by atoms with Crippen LogP contribution in [0.3, 0.4) is 0 Å². The van der Waals surface area contributed by atoms with Crippen molar-refractivity contribution in [2.24, 2.45) is 0 Å². The summed E-state index contributed by atoms with van der Waals surface area (Å²) in [6.07, 6.45) is 2.67. The van der Waals surface area contributed by atoms with Crippen molar-refractivity contribution in [2.75, 3.05) is 18.5 Å². The van der Waals surface area contributed by atoms with Gasteiger partial charge in [0.2, 0.25) is 0 Å². The molecule has 2 heterocycles. The zero-order chi connectivity index (χ0) is 10.7. The van der Waals surface area contributed by atoms with Gasteiger partial charge in [-0.3, -0.25) is 0 Å². The Morgan fingerprint density at radius 3 is 3.00 bits per heavy atom. The van der Waals surface area contributed by atoms with E-state index in [0.717, 1.165) is 36.9 Å². The number of rotatable bonds is 3. The molecule has 1 aliphatic rings. The highest BCUT2D eigenvalue weighted by molar-refractivity contribution is 5.35. The van der Waals surface area contributed by atoms with E-state index in [1.165, 1.54) is 6.42 Å². The molecule has 1 saturated heterocycles. The molecule has 0 aliphatic carbocycles. The second-order valence-electron chi connectivity index (χ2n) is 3.96. The van der Waals surface area contributed by atoms with Crippen LogP contribution in [0.2, 0.25) is 0 Å². The Morgan fingerprint density at radius 2 is 2.33 bits per heavy atom. The maximum Gasteiger partial charge on any atom is 0.130 e. The van der Waals surface area contributed by atoms with E-state index >= 15 is 0 Å². The topological polar surface area (TPSA) is 47.0 Å². The van der Waals surface area contributed by atoms with Crippen LogP contribution in [0.5, 0.6) is 0 Å². The van der Waals surface area contributed by atoms with Gasteiger partial charge in [-0.05, 0) is 26.7 Å². The fraction of sp³-hybridized carbons (Fsp3) is 0.636. The Balaban J connectivity index is 1.92. The molecule has 0 saturated carbocycles. The van der Waals surface area contributed by atoms with E-state index in [2.05, 4.69) is 15.3 Å². The summed E-state index contributed by atoms with van der Waals surface area (Å²) in [5.41, 5.74) is 0.998. The molecular formula is C11H17N3O. The minimum atomic E-state index is 0.348. The van der Waals surface area contributed by atoms with Crippen LogP contribution in [0, 0.1) is 13.8 Å². The van der Waals surface area contributed by atoms with Crippen molar-refractivity contribution in [3.63, 3.8) is 0 Å². The largest absolute Gasteiger partial charge is 0.376 e. The molecule has 4 heteroatoms. The van der Waals surface area contributed by atoms with Crippen LogP contribution in [0.4, 0.5) is 5.82 Å². The first-order chi connectivity index (χ1) is 7.24. The molecule has 82 valence electrons. The Bertz CT molecular complexity index is 314. The third-order valence-electron chi connectivity index (χ3n) is 2.50. The summed E-state index contributed by atoms with van der Waals surface area (Å²) < 4.78 is 5.53. The van der Waals surface area contributed by atoms with Crippen LogP contribution in [0.15, 0.2) is 6.07 Å². The van der Waals surface area contributed by atoms with Crippen molar-refractivity contribution in [2.45, 2.75) is 32.8 Å². The lowest BCUT2D eigenvalue weighted by atomic mass is 10.2. The van der Waals surface area contributed by atoms with Crippen LogP contribution < -0.4 is 5.32 Å². The summed E-state index contributed by atoms with van der Waals surface area (Å²) in [5, 5.41) is 3.29. The van der Waals surface area contributed by atoms with E-state index in [9.17, 15) is 0 Å². The lowest BCUT2D eigenvalue weighted by Crippen LogP contribution is -2.19. The molecule has 0 spiro atoms. The maximum absolute atomic E-state index is 5.53. The van der Waals surface area contributed by atoms with E-state index in [4.69, 9.17) is 4.74 Å². The average molecular weight is 207 g/mol. The van der Waals surface area contributed by atoms with Gasteiger partial charge in [-0.1, -0.05) is 0 Å². The lowest BCUT2D eigenvalue weighted by Gasteiger charge is -2.11. The van der Waals surface area contributed by atoms with Gasteiger partial charge >= 0.3 is 0 Å². The smallest absolute Gasteiger partial charge is 0.130 e. The molecule has 1 unspecified atom stereocenters. The highest BCUT2D eigenvalue weighted by atomic mass is 16.5. The third-order valence-corrected chi connectivity index (χ3v) is 2.50. The number of hydrogen-bond acceptors (Lipinski definition) is 4. The first-order valence-electron chi connectivity index (χ1n) is 5.42. The van der Waals surface area contributed by atoms with Crippen molar-refractivity contribution in [3.8, 4) is 0 Å².